The van der Waals surface area contributed by atoms with Crippen LogP contribution in [0.4, 0.5) is 0 Å². The van der Waals surface area contributed by atoms with Gasteiger partial charge in [0.05, 0.1) is 37.7 Å². The Morgan fingerprint density at radius 1 is 1.39 bits per heavy atom. The first-order chi connectivity index (χ1) is 13.5. The molecule has 2 N–H and O–H groups in total. The number of nitrogens with one attached hydrogen (secondary N) is 2. The van der Waals surface area contributed by atoms with Gasteiger partial charge in [0.1, 0.15) is 0 Å². The first-order valence-corrected chi connectivity index (χ1v) is 10.2. The van der Waals surface area contributed by atoms with Crippen LogP contribution in [0.15, 0.2) is 17.2 Å². The van der Waals surface area contributed by atoms with Gasteiger partial charge in [-0.05, 0) is 56.7 Å². The molecule has 1 aliphatic rings. The summed E-state index contributed by atoms with van der Waals surface area (Å²) in [5.41, 5.74) is 3.59. The number of morpholine rings is 1. The van der Waals surface area contributed by atoms with Gasteiger partial charge in [-0.25, -0.2) is 0 Å². The van der Waals surface area contributed by atoms with E-state index in [0.29, 0.717) is 21.6 Å². The average Bonchev–Trinajstić information content (AvgIpc) is 2.67. The fourth-order valence-electron chi connectivity index (χ4n) is 2.70. The molecule has 1 aliphatic heterocycles. The van der Waals surface area contributed by atoms with E-state index in [1.54, 1.807) is 19.4 Å². The van der Waals surface area contributed by atoms with Crippen molar-refractivity contribution >= 4 is 35.1 Å². The van der Waals surface area contributed by atoms with Gasteiger partial charge in [0.25, 0.3) is 0 Å². The Kier molecular flexibility index (Phi) is 9.77. The van der Waals surface area contributed by atoms with Gasteiger partial charge in [0.15, 0.2) is 16.6 Å². The Morgan fingerprint density at radius 2 is 2.14 bits per heavy atom. The lowest BCUT2D eigenvalue weighted by molar-refractivity contribution is 0.0376. The average molecular weight is 429 g/mol. The van der Waals surface area contributed by atoms with Crippen molar-refractivity contribution in [2.24, 2.45) is 5.10 Å². The van der Waals surface area contributed by atoms with E-state index in [1.165, 1.54) is 0 Å². The number of hydrogen-bond acceptors (Lipinski definition) is 6. The molecule has 0 atom stereocenters. The first-order valence-electron chi connectivity index (χ1n) is 9.40. The van der Waals surface area contributed by atoms with Crippen LogP contribution < -0.4 is 20.2 Å². The number of benzene rings is 1. The number of rotatable bonds is 9. The van der Waals surface area contributed by atoms with Crippen LogP contribution >= 0.6 is 23.8 Å². The number of methoxy groups -OCH3 is 1. The molecular formula is C19H29ClN4O3S. The predicted molar refractivity (Wildman–Crippen MR) is 117 cm³/mol. The lowest BCUT2D eigenvalue weighted by Gasteiger charge is -2.26. The van der Waals surface area contributed by atoms with Crippen LogP contribution in [0.3, 0.4) is 0 Å². The van der Waals surface area contributed by atoms with Gasteiger partial charge in [-0.15, -0.1) is 0 Å². The van der Waals surface area contributed by atoms with Gasteiger partial charge >= 0.3 is 0 Å². The molecule has 0 aromatic heterocycles. The highest BCUT2D eigenvalue weighted by atomic mass is 35.5. The van der Waals surface area contributed by atoms with Crippen molar-refractivity contribution in [3.8, 4) is 11.5 Å². The highest BCUT2D eigenvalue weighted by Gasteiger charge is 2.13. The molecule has 1 aromatic carbocycles. The molecule has 7 nitrogen and oxygen atoms in total. The molecule has 1 heterocycles. The van der Waals surface area contributed by atoms with Crippen molar-refractivity contribution in [3.63, 3.8) is 0 Å². The number of halogens is 1. The van der Waals surface area contributed by atoms with E-state index in [1.807, 2.05) is 19.9 Å². The summed E-state index contributed by atoms with van der Waals surface area (Å²) in [5, 5.41) is 8.26. The third kappa shape index (κ3) is 7.79. The van der Waals surface area contributed by atoms with Crippen molar-refractivity contribution < 1.29 is 14.2 Å². The minimum Gasteiger partial charge on any atom is -0.493 e. The predicted octanol–water partition coefficient (Wildman–Crippen LogP) is 2.66. The molecule has 0 bridgehead atoms. The Hall–Kier alpha value is -1.61. The zero-order valence-electron chi connectivity index (χ0n) is 16.7. The molecule has 1 saturated heterocycles. The van der Waals surface area contributed by atoms with E-state index >= 15 is 0 Å². The van der Waals surface area contributed by atoms with E-state index in [0.717, 1.165) is 51.4 Å². The van der Waals surface area contributed by atoms with Crippen molar-refractivity contribution in [1.29, 1.82) is 0 Å². The minimum absolute atomic E-state index is 0.000668. The molecule has 1 aromatic rings. The van der Waals surface area contributed by atoms with E-state index in [9.17, 15) is 0 Å². The maximum Gasteiger partial charge on any atom is 0.186 e. The molecule has 0 aliphatic carbocycles. The Morgan fingerprint density at radius 3 is 2.82 bits per heavy atom. The summed E-state index contributed by atoms with van der Waals surface area (Å²) in [6.45, 7) is 9.34. The molecule has 0 saturated carbocycles. The molecule has 1 fully saturated rings. The summed E-state index contributed by atoms with van der Waals surface area (Å²) in [6.07, 6.45) is 2.64. The SMILES string of the molecule is COc1cc(/C=N\NC(=S)NCCCN2CCOCC2)cc(Cl)c1OC(C)C. The molecule has 0 radical (unpaired) electrons. The molecule has 0 unspecified atom stereocenters. The summed E-state index contributed by atoms with van der Waals surface area (Å²) in [7, 11) is 1.58. The zero-order valence-corrected chi connectivity index (χ0v) is 18.2. The monoisotopic (exact) mass is 428 g/mol. The molecule has 156 valence electrons. The number of hydrazone groups is 1. The second-order valence-electron chi connectivity index (χ2n) is 6.63. The minimum atomic E-state index is -0.000668. The fraction of sp³-hybridized carbons (Fsp3) is 0.579. The van der Waals surface area contributed by atoms with Crippen LogP contribution in [-0.4, -0.2) is 68.8 Å². The summed E-state index contributed by atoms with van der Waals surface area (Å²) in [6, 6.07) is 3.58. The summed E-state index contributed by atoms with van der Waals surface area (Å²) in [5.74, 6) is 1.09. The van der Waals surface area contributed by atoms with Gasteiger partial charge in [-0.3, -0.25) is 10.3 Å². The van der Waals surface area contributed by atoms with Crippen LogP contribution in [0, 0.1) is 0 Å². The largest absolute Gasteiger partial charge is 0.493 e. The molecule has 0 spiro atoms. The second-order valence-corrected chi connectivity index (χ2v) is 7.45. The van der Waals surface area contributed by atoms with Crippen LogP contribution in [0.1, 0.15) is 25.8 Å². The number of nitrogens with zero attached hydrogens (tertiary/aromatic N) is 2. The van der Waals surface area contributed by atoms with E-state index in [-0.39, 0.29) is 6.10 Å². The maximum absolute atomic E-state index is 6.31. The quantitative estimate of drug-likeness (QED) is 0.271. The highest BCUT2D eigenvalue weighted by molar-refractivity contribution is 7.80. The standard InChI is InChI=1S/C19H29ClN4O3S/c1-14(2)27-18-16(20)11-15(12-17(18)25-3)13-22-23-19(28)21-5-4-6-24-7-9-26-10-8-24/h11-14H,4-10H2,1-3H3,(H2,21,23,28)/b22-13-. The normalized spacial score (nSPS) is 15.0. The van der Waals surface area contributed by atoms with Crippen LogP contribution in [-0.2, 0) is 4.74 Å². The van der Waals surface area contributed by atoms with Crippen molar-refractivity contribution in [2.75, 3.05) is 46.5 Å². The third-order valence-electron chi connectivity index (χ3n) is 4.03. The molecular weight excluding hydrogens is 400 g/mol. The fourth-order valence-corrected chi connectivity index (χ4v) is 3.12. The summed E-state index contributed by atoms with van der Waals surface area (Å²) >= 11 is 11.6. The highest BCUT2D eigenvalue weighted by Crippen LogP contribution is 2.36. The van der Waals surface area contributed by atoms with Crippen LogP contribution in [0.5, 0.6) is 11.5 Å². The first kappa shape index (κ1) is 22.7. The maximum atomic E-state index is 6.31. The Balaban J connectivity index is 1.76. The van der Waals surface area contributed by atoms with Gasteiger partial charge in [0, 0.05) is 19.6 Å². The lowest BCUT2D eigenvalue weighted by Crippen LogP contribution is -2.39. The van der Waals surface area contributed by atoms with Crippen molar-refractivity contribution in [3.05, 3.63) is 22.7 Å². The van der Waals surface area contributed by atoms with Gasteiger partial charge < -0.3 is 19.5 Å². The van der Waals surface area contributed by atoms with E-state index in [4.69, 9.17) is 38.0 Å². The summed E-state index contributed by atoms with van der Waals surface area (Å²) in [4.78, 5) is 2.39. The smallest absolute Gasteiger partial charge is 0.186 e. The molecule has 9 heteroatoms. The molecule has 28 heavy (non-hydrogen) atoms. The van der Waals surface area contributed by atoms with Crippen molar-refractivity contribution in [2.45, 2.75) is 26.4 Å². The third-order valence-corrected chi connectivity index (χ3v) is 4.54. The summed E-state index contributed by atoms with van der Waals surface area (Å²) < 4.78 is 16.4. The van der Waals surface area contributed by atoms with E-state index < -0.39 is 0 Å². The number of ether oxygens (including phenoxy) is 3. The van der Waals surface area contributed by atoms with Gasteiger partial charge in [-0.1, -0.05) is 11.6 Å². The van der Waals surface area contributed by atoms with E-state index in [2.05, 4.69) is 20.7 Å². The lowest BCUT2D eigenvalue weighted by atomic mass is 10.2. The van der Waals surface area contributed by atoms with Gasteiger partial charge in [0.2, 0.25) is 0 Å². The van der Waals surface area contributed by atoms with Crippen LogP contribution in [0.2, 0.25) is 5.02 Å². The number of hydrogen-bond donors (Lipinski definition) is 2. The Bertz CT molecular complexity index is 667. The molecule has 0 amide bonds. The zero-order chi connectivity index (χ0) is 20.4. The number of thiocarbonyl (C=S) groups is 1. The molecule has 2 rings (SSSR count). The van der Waals surface area contributed by atoms with Crippen LogP contribution in [0.25, 0.3) is 0 Å². The van der Waals surface area contributed by atoms with Crippen molar-refractivity contribution in [1.82, 2.24) is 15.6 Å². The topological polar surface area (TPSA) is 67.4 Å². The Labute approximate surface area is 177 Å². The second kappa shape index (κ2) is 12.1. The van der Waals surface area contributed by atoms with Gasteiger partial charge in [-0.2, -0.15) is 5.10 Å².